The molecule has 0 unspecified atom stereocenters. The second kappa shape index (κ2) is 6.68. The Balaban J connectivity index is 1.54. The van der Waals surface area contributed by atoms with Gasteiger partial charge in [0, 0.05) is 36.9 Å². The topological polar surface area (TPSA) is 72.6 Å². The van der Waals surface area contributed by atoms with Crippen molar-refractivity contribution in [2.24, 2.45) is 0 Å². The number of aromatic nitrogens is 4. The first-order chi connectivity index (χ1) is 12.6. The molecule has 0 bridgehead atoms. The van der Waals surface area contributed by atoms with Crippen molar-refractivity contribution in [3.05, 3.63) is 40.7 Å². The molecule has 136 valence electrons. The molecule has 3 heterocycles. The van der Waals surface area contributed by atoms with E-state index in [1.54, 1.807) is 7.11 Å². The fraction of sp³-hybridized carbons (Fsp3) is 0.444. The first kappa shape index (κ1) is 17.0. The minimum atomic E-state index is 0.101. The Kier molecular flexibility index (Phi) is 4.36. The lowest BCUT2D eigenvalue weighted by atomic mass is 10.1. The molecule has 4 rings (SSSR count). The van der Waals surface area contributed by atoms with Crippen LogP contribution in [0.5, 0.6) is 5.75 Å². The molecule has 1 saturated heterocycles. The number of carbonyl (C=O) groups is 1. The predicted molar refractivity (Wildman–Crippen MR) is 98.5 cm³/mol. The summed E-state index contributed by atoms with van der Waals surface area (Å²) in [7, 11) is 1.65. The van der Waals surface area contributed by atoms with Gasteiger partial charge in [-0.15, -0.1) is 10.2 Å². The van der Waals surface area contributed by atoms with Gasteiger partial charge < -0.3 is 9.64 Å². The monoisotopic (exact) mass is 371 g/mol. The summed E-state index contributed by atoms with van der Waals surface area (Å²) in [4.78, 5) is 15.2. The quantitative estimate of drug-likeness (QED) is 0.690. The average molecular weight is 371 g/mol. The number of methoxy groups -OCH3 is 1. The van der Waals surface area contributed by atoms with Crippen molar-refractivity contribution < 1.29 is 9.53 Å². The third-order valence-electron chi connectivity index (χ3n) is 4.66. The highest BCUT2D eigenvalue weighted by molar-refractivity contribution is 7.16. The van der Waals surface area contributed by atoms with E-state index in [1.165, 1.54) is 11.3 Å². The lowest BCUT2D eigenvalue weighted by Crippen LogP contribution is -2.24. The SMILES string of the molecule is COc1ccccc1CN1C[C@H](c2nn3c(C(C)C)nnc3s2)CC1=O. The third-order valence-corrected chi connectivity index (χ3v) is 5.73. The highest BCUT2D eigenvalue weighted by Crippen LogP contribution is 2.33. The van der Waals surface area contributed by atoms with Crippen molar-refractivity contribution in [2.45, 2.75) is 38.6 Å². The molecule has 26 heavy (non-hydrogen) atoms. The second-order valence-electron chi connectivity index (χ2n) is 6.83. The van der Waals surface area contributed by atoms with Crippen molar-refractivity contribution in [1.82, 2.24) is 24.7 Å². The number of hydrogen-bond acceptors (Lipinski definition) is 6. The number of likely N-dealkylation sites (tertiary alicyclic amines) is 1. The number of benzene rings is 1. The van der Waals surface area contributed by atoms with Gasteiger partial charge in [0.25, 0.3) is 0 Å². The molecular weight excluding hydrogens is 350 g/mol. The maximum atomic E-state index is 12.5. The summed E-state index contributed by atoms with van der Waals surface area (Å²) in [5, 5.41) is 14.1. The molecule has 2 aromatic heterocycles. The van der Waals surface area contributed by atoms with Gasteiger partial charge in [0.05, 0.1) is 7.11 Å². The van der Waals surface area contributed by atoms with Crippen LogP contribution in [0.15, 0.2) is 24.3 Å². The molecule has 8 heteroatoms. The van der Waals surface area contributed by atoms with Crippen LogP contribution in [-0.4, -0.2) is 44.3 Å². The summed E-state index contributed by atoms with van der Waals surface area (Å²) in [6, 6.07) is 7.82. The number of nitrogens with zero attached hydrogens (tertiary/aromatic N) is 5. The van der Waals surface area contributed by atoms with Gasteiger partial charge in [-0.05, 0) is 6.07 Å². The molecule has 1 atom stereocenters. The zero-order valence-electron chi connectivity index (χ0n) is 15.0. The van der Waals surface area contributed by atoms with Gasteiger partial charge in [0.1, 0.15) is 10.8 Å². The standard InChI is InChI=1S/C18H21N5O2S/c1-11(2)16-19-20-18-23(16)21-17(26-18)13-8-15(24)22(10-13)9-12-6-4-5-7-14(12)25-3/h4-7,11,13H,8-10H2,1-3H3/t13-/m1/s1. The molecule has 1 aliphatic heterocycles. The Labute approximate surface area is 155 Å². The molecule has 0 aliphatic carbocycles. The number of ether oxygens (including phenoxy) is 1. The molecule has 0 N–H and O–H groups in total. The molecule has 0 saturated carbocycles. The van der Waals surface area contributed by atoms with Crippen LogP contribution in [0.4, 0.5) is 0 Å². The number of amides is 1. The number of para-hydroxylation sites is 1. The van der Waals surface area contributed by atoms with Crippen LogP contribution in [0.1, 0.15) is 48.5 Å². The van der Waals surface area contributed by atoms with E-state index in [0.29, 0.717) is 19.5 Å². The van der Waals surface area contributed by atoms with E-state index in [4.69, 9.17) is 9.84 Å². The molecule has 1 aromatic carbocycles. The minimum absolute atomic E-state index is 0.101. The van der Waals surface area contributed by atoms with Crippen LogP contribution in [0.3, 0.4) is 0 Å². The molecular formula is C18H21N5O2S. The summed E-state index contributed by atoms with van der Waals surface area (Å²) >= 11 is 1.53. The van der Waals surface area contributed by atoms with Crippen molar-refractivity contribution in [3.8, 4) is 5.75 Å². The molecule has 3 aromatic rings. The first-order valence-electron chi connectivity index (χ1n) is 8.68. The summed E-state index contributed by atoms with van der Waals surface area (Å²) in [5.41, 5.74) is 1.02. The maximum Gasteiger partial charge on any atom is 0.234 e. The number of fused-ring (bicyclic) bond motifs is 1. The highest BCUT2D eigenvalue weighted by atomic mass is 32.1. The summed E-state index contributed by atoms with van der Waals surface area (Å²) in [6.45, 7) is 5.37. The second-order valence-corrected chi connectivity index (χ2v) is 7.82. The molecule has 1 aliphatic rings. The highest BCUT2D eigenvalue weighted by Gasteiger charge is 2.33. The summed E-state index contributed by atoms with van der Waals surface area (Å²) < 4.78 is 7.22. The Bertz CT molecular complexity index is 948. The zero-order chi connectivity index (χ0) is 18.3. The van der Waals surface area contributed by atoms with Crippen LogP contribution >= 0.6 is 11.3 Å². The van der Waals surface area contributed by atoms with E-state index in [1.807, 2.05) is 33.7 Å². The molecule has 7 nitrogen and oxygen atoms in total. The molecule has 1 fully saturated rings. The van der Waals surface area contributed by atoms with Crippen molar-refractivity contribution in [2.75, 3.05) is 13.7 Å². The van der Waals surface area contributed by atoms with Crippen molar-refractivity contribution in [3.63, 3.8) is 0 Å². The van der Waals surface area contributed by atoms with E-state index in [-0.39, 0.29) is 17.7 Å². The van der Waals surface area contributed by atoms with Crippen LogP contribution in [-0.2, 0) is 11.3 Å². The number of carbonyl (C=O) groups excluding carboxylic acids is 1. The van der Waals surface area contributed by atoms with Crippen LogP contribution in [0, 0.1) is 0 Å². The van der Waals surface area contributed by atoms with E-state index in [0.717, 1.165) is 27.1 Å². The minimum Gasteiger partial charge on any atom is -0.496 e. The molecule has 1 amide bonds. The van der Waals surface area contributed by atoms with E-state index in [2.05, 4.69) is 24.0 Å². The van der Waals surface area contributed by atoms with Crippen molar-refractivity contribution in [1.29, 1.82) is 0 Å². The maximum absolute atomic E-state index is 12.5. The van der Waals surface area contributed by atoms with Gasteiger partial charge in [-0.3, -0.25) is 4.79 Å². The van der Waals surface area contributed by atoms with E-state index < -0.39 is 0 Å². The van der Waals surface area contributed by atoms with Gasteiger partial charge in [-0.2, -0.15) is 9.61 Å². The van der Waals surface area contributed by atoms with Crippen LogP contribution in [0.2, 0.25) is 0 Å². The van der Waals surface area contributed by atoms with Crippen molar-refractivity contribution >= 4 is 22.2 Å². The third kappa shape index (κ3) is 2.94. The Morgan fingerprint density at radius 3 is 2.88 bits per heavy atom. The van der Waals surface area contributed by atoms with E-state index in [9.17, 15) is 4.79 Å². The first-order valence-corrected chi connectivity index (χ1v) is 9.50. The fourth-order valence-corrected chi connectivity index (χ4v) is 4.24. The lowest BCUT2D eigenvalue weighted by molar-refractivity contribution is -0.128. The Morgan fingerprint density at radius 1 is 1.31 bits per heavy atom. The zero-order valence-corrected chi connectivity index (χ0v) is 15.9. The fourth-order valence-electron chi connectivity index (χ4n) is 3.30. The smallest absolute Gasteiger partial charge is 0.234 e. The normalized spacial score (nSPS) is 17.6. The largest absolute Gasteiger partial charge is 0.496 e. The summed E-state index contributed by atoms with van der Waals surface area (Å²) in [5.74, 6) is 2.17. The van der Waals surface area contributed by atoms with Gasteiger partial charge in [-0.25, -0.2) is 0 Å². The molecule has 0 spiro atoms. The van der Waals surface area contributed by atoms with Crippen LogP contribution in [0.25, 0.3) is 4.96 Å². The van der Waals surface area contributed by atoms with Gasteiger partial charge in [0.15, 0.2) is 5.82 Å². The van der Waals surface area contributed by atoms with E-state index >= 15 is 0 Å². The average Bonchev–Trinajstić information content (AvgIpc) is 3.29. The summed E-state index contributed by atoms with van der Waals surface area (Å²) in [6.07, 6.45) is 0.482. The van der Waals surface area contributed by atoms with Gasteiger partial charge in [-0.1, -0.05) is 43.4 Å². The number of hydrogen-bond donors (Lipinski definition) is 0. The Morgan fingerprint density at radius 2 is 2.12 bits per heavy atom. The predicted octanol–water partition coefficient (Wildman–Crippen LogP) is 2.83. The number of rotatable bonds is 5. The molecule has 0 radical (unpaired) electrons. The van der Waals surface area contributed by atoms with Gasteiger partial charge >= 0.3 is 0 Å². The Hall–Kier alpha value is -2.48. The van der Waals surface area contributed by atoms with Gasteiger partial charge in [0.2, 0.25) is 10.9 Å². The van der Waals surface area contributed by atoms with Crippen LogP contribution < -0.4 is 4.74 Å². The lowest BCUT2D eigenvalue weighted by Gasteiger charge is -2.18.